The summed E-state index contributed by atoms with van der Waals surface area (Å²) in [4.78, 5) is 23.6. The van der Waals surface area contributed by atoms with E-state index in [0.29, 0.717) is 12.0 Å². The topological polar surface area (TPSA) is 85.4 Å². The number of carbonyl (C=O) groups is 2. The zero-order valence-corrected chi connectivity index (χ0v) is 11.6. The second-order valence-corrected chi connectivity index (χ2v) is 6.38. The summed E-state index contributed by atoms with van der Waals surface area (Å²) in [6.07, 6.45) is 0.317. The third-order valence-corrected chi connectivity index (χ3v) is 4.88. The van der Waals surface area contributed by atoms with Gasteiger partial charge in [0.05, 0.1) is 17.6 Å². The number of rotatable bonds is 0. The van der Waals surface area contributed by atoms with Gasteiger partial charge in [-0.15, -0.1) is 0 Å². The van der Waals surface area contributed by atoms with Crippen LogP contribution in [0.4, 0.5) is 0 Å². The molecule has 0 spiro atoms. The molecule has 0 aromatic rings. The number of esters is 2. The molecule has 2 bridgehead atoms. The molecule has 0 radical (unpaired) electrons. The van der Waals surface area contributed by atoms with Gasteiger partial charge in [0, 0.05) is 24.0 Å². The van der Waals surface area contributed by atoms with Crippen LogP contribution in [0.25, 0.3) is 0 Å². The van der Waals surface area contributed by atoms with Crippen molar-refractivity contribution in [1.82, 2.24) is 0 Å². The molecule has 4 rings (SSSR count). The maximum atomic E-state index is 11.9. The SMILES string of the molecule is C=C1C(=O)O[C@H]2CC3=C[C@@H](C[C@]4(C)O[C@@H]4[C@@H](O)[C@H]12)OC3=O. The smallest absolute Gasteiger partial charge is 0.334 e. The average molecular weight is 292 g/mol. The molecular formula is C15H16O6. The fourth-order valence-electron chi connectivity index (χ4n) is 3.69. The number of carbonyl (C=O) groups excluding carboxylic acids is 2. The van der Waals surface area contributed by atoms with Crippen molar-refractivity contribution in [3.05, 3.63) is 23.8 Å². The van der Waals surface area contributed by atoms with Crippen LogP contribution in [-0.2, 0) is 23.8 Å². The number of ether oxygens (including phenoxy) is 3. The Hall–Kier alpha value is -1.66. The number of hydrogen-bond acceptors (Lipinski definition) is 6. The van der Waals surface area contributed by atoms with Crippen LogP contribution in [0.2, 0.25) is 0 Å². The van der Waals surface area contributed by atoms with Crippen LogP contribution in [0.3, 0.4) is 0 Å². The standard InChI is InChI=1S/C15H16O6/c1-6-10-9(20-13(6)17)4-7-3-8(19-14(7)18)5-15(2)12(21-15)11(10)16/h3,8-12,16H,1,4-5H2,2H3/t8-,9-,10+,11-,12+,15-/m0/s1. The van der Waals surface area contributed by atoms with Gasteiger partial charge in [0.25, 0.3) is 0 Å². The summed E-state index contributed by atoms with van der Waals surface area (Å²) < 4.78 is 16.2. The van der Waals surface area contributed by atoms with Crippen molar-refractivity contribution < 1.29 is 28.9 Å². The predicted octanol–water partition coefficient (Wildman–Crippen LogP) is 0.248. The molecule has 0 aromatic carbocycles. The van der Waals surface area contributed by atoms with Gasteiger partial charge in [-0.05, 0) is 13.0 Å². The van der Waals surface area contributed by atoms with Gasteiger partial charge in [-0.1, -0.05) is 6.58 Å². The van der Waals surface area contributed by atoms with Crippen LogP contribution in [-0.4, -0.2) is 47.1 Å². The molecule has 6 nitrogen and oxygen atoms in total. The Morgan fingerprint density at radius 1 is 1.33 bits per heavy atom. The molecule has 112 valence electrons. The Morgan fingerprint density at radius 3 is 2.86 bits per heavy atom. The molecule has 21 heavy (non-hydrogen) atoms. The van der Waals surface area contributed by atoms with E-state index < -0.39 is 35.8 Å². The molecule has 4 aliphatic rings. The summed E-state index contributed by atoms with van der Waals surface area (Å²) in [6, 6.07) is 0. The van der Waals surface area contributed by atoms with Crippen molar-refractivity contribution in [3.8, 4) is 0 Å². The van der Waals surface area contributed by atoms with Crippen LogP contribution in [0.5, 0.6) is 0 Å². The second kappa shape index (κ2) is 3.96. The van der Waals surface area contributed by atoms with Gasteiger partial charge in [0.1, 0.15) is 18.3 Å². The summed E-state index contributed by atoms with van der Waals surface area (Å²) in [5.74, 6) is -1.45. The molecule has 2 saturated heterocycles. The third-order valence-electron chi connectivity index (χ3n) is 4.88. The van der Waals surface area contributed by atoms with Gasteiger partial charge in [0.15, 0.2) is 0 Å². The minimum Gasteiger partial charge on any atom is -0.458 e. The van der Waals surface area contributed by atoms with Gasteiger partial charge < -0.3 is 19.3 Å². The van der Waals surface area contributed by atoms with Crippen molar-refractivity contribution in [3.63, 3.8) is 0 Å². The zero-order valence-electron chi connectivity index (χ0n) is 11.6. The number of epoxide rings is 1. The minimum atomic E-state index is -0.868. The van der Waals surface area contributed by atoms with E-state index in [4.69, 9.17) is 14.2 Å². The fraction of sp³-hybridized carbons (Fsp3) is 0.600. The molecule has 2 fully saturated rings. The fourth-order valence-corrected chi connectivity index (χ4v) is 3.69. The van der Waals surface area contributed by atoms with E-state index in [-0.39, 0.29) is 24.1 Å². The Balaban J connectivity index is 1.74. The van der Waals surface area contributed by atoms with Crippen LogP contribution in [0.1, 0.15) is 19.8 Å². The van der Waals surface area contributed by atoms with Crippen LogP contribution in [0.15, 0.2) is 23.8 Å². The molecule has 1 aliphatic carbocycles. The first-order valence-corrected chi connectivity index (χ1v) is 7.06. The molecule has 6 heteroatoms. The minimum absolute atomic E-state index is 0.241. The first-order valence-electron chi connectivity index (χ1n) is 7.06. The van der Waals surface area contributed by atoms with E-state index in [1.807, 2.05) is 6.92 Å². The highest BCUT2D eigenvalue weighted by atomic mass is 16.6. The molecule has 0 amide bonds. The van der Waals surface area contributed by atoms with Gasteiger partial charge in [-0.2, -0.15) is 0 Å². The van der Waals surface area contributed by atoms with Crippen LogP contribution >= 0.6 is 0 Å². The largest absolute Gasteiger partial charge is 0.458 e. The lowest BCUT2D eigenvalue weighted by Crippen LogP contribution is -2.37. The normalized spacial score (nSPS) is 48.0. The van der Waals surface area contributed by atoms with Crippen LogP contribution in [0, 0.1) is 5.92 Å². The Morgan fingerprint density at radius 2 is 2.10 bits per heavy atom. The molecule has 3 aliphatic heterocycles. The van der Waals surface area contributed by atoms with Gasteiger partial charge >= 0.3 is 11.9 Å². The summed E-state index contributed by atoms with van der Waals surface area (Å²) in [7, 11) is 0. The van der Waals surface area contributed by atoms with E-state index in [1.54, 1.807) is 6.08 Å². The highest BCUT2D eigenvalue weighted by Gasteiger charge is 2.62. The lowest BCUT2D eigenvalue weighted by Gasteiger charge is -2.23. The molecule has 0 saturated carbocycles. The van der Waals surface area contributed by atoms with E-state index >= 15 is 0 Å². The Kier molecular flexibility index (Phi) is 2.45. The van der Waals surface area contributed by atoms with E-state index in [1.165, 1.54) is 0 Å². The highest BCUT2D eigenvalue weighted by molar-refractivity contribution is 5.93. The zero-order chi connectivity index (χ0) is 14.9. The first-order chi connectivity index (χ1) is 9.89. The van der Waals surface area contributed by atoms with Gasteiger partial charge in [0.2, 0.25) is 0 Å². The van der Waals surface area contributed by atoms with Crippen molar-refractivity contribution >= 4 is 11.9 Å². The Labute approximate surface area is 121 Å². The van der Waals surface area contributed by atoms with Gasteiger partial charge in [-0.25, -0.2) is 9.59 Å². The second-order valence-electron chi connectivity index (χ2n) is 6.38. The monoisotopic (exact) mass is 292 g/mol. The Bertz CT molecular complexity index is 593. The molecule has 1 N–H and O–H groups in total. The predicted molar refractivity (Wildman–Crippen MR) is 69.0 cm³/mol. The maximum Gasteiger partial charge on any atom is 0.334 e. The van der Waals surface area contributed by atoms with Crippen molar-refractivity contribution in [1.29, 1.82) is 0 Å². The molecule has 3 heterocycles. The number of fused-ring (bicyclic) bond motifs is 3. The quantitative estimate of drug-likeness (QED) is 0.391. The highest BCUT2D eigenvalue weighted by Crippen LogP contribution is 2.49. The van der Waals surface area contributed by atoms with Crippen molar-refractivity contribution in [2.75, 3.05) is 0 Å². The van der Waals surface area contributed by atoms with E-state index in [9.17, 15) is 14.7 Å². The molecule has 6 atom stereocenters. The summed E-state index contributed by atoms with van der Waals surface area (Å²) in [5, 5.41) is 10.6. The summed E-state index contributed by atoms with van der Waals surface area (Å²) >= 11 is 0. The van der Waals surface area contributed by atoms with E-state index in [2.05, 4.69) is 6.58 Å². The van der Waals surface area contributed by atoms with Crippen LogP contribution < -0.4 is 0 Å². The summed E-state index contributed by atoms with van der Waals surface area (Å²) in [6.45, 7) is 5.60. The average Bonchev–Trinajstić information content (AvgIpc) is 2.83. The summed E-state index contributed by atoms with van der Waals surface area (Å²) in [5.41, 5.74) is 0.186. The lowest BCUT2D eigenvalue weighted by atomic mass is 9.82. The lowest BCUT2D eigenvalue weighted by molar-refractivity contribution is -0.143. The third kappa shape index (κ3) is 1.79. The number of aliphatic hydroxyl groups is 1. The molecule has 0 aromatic heterocycles. The van der Waals surface area contributed by atoms with E-state index in [0.717, 1.165) is 0 Å². The molecule has 0 unspecified atom stereocenters. The van der Waals surface area contributed by atoms with Crippen molar-refractivity contribution in [2.24, 2.45) is 5.92 Å². The van der Waals surface area contributed by atoms with Crippen molar-refractivity contribution in [2.45, 2.75) is 49.8 Å². The van der Waals surface area contributed by atoms with Gasteiger partial charge in [-0.3, -0.25) is 0 Å². The molecular weight excluding hydrogens is 276 g/mol. The number of aliphatic hydroxyl groups excluding tert-OH is 1. The first kappa shape index (κ1) is 13.0. The maximum absolute atomic E-state index is 11.9. The number of hydrogen-bond donors (Lipinski definition) is 1.